The van der Waals surface area contributed by atoms with Crippen LogP contribution in [0.5, 0.6) is 0 Å². The van der Waals surface area contributed by atoms with E-state index in [0.29, 0.717) is 11.4 Å². The van der Waals surface area contributed by atoms with E-state index in [1.165, 1.54) is 42.1 Å². The molecule has 0 spiro atoms. The van der Waals surface area contributed by atoms with Crippen LogP contribution in [0.25, 0.3) is 0 Å². The van der Waals surface area contributed by atoms with Gasteiger partial charge in [-0.05, 0) is 49.4 Å². The average molecular weight is 434 g/mol. The summed E-state index contributed by atoms with van der Waals surface area (Å²) in [6, 6.07) is 10.4. The molecule has 1 aliphatic heterocycles. The minimum Gasteiger partial charge on any atom is -0.452 e. The average Bonchev–Trinajstić information content (AvgIpc) is 2.66. The number of benzene rings is 2. The fourth-order valence-electron chi connectivity index (χ4n) is 2.53. The largest absolute Gasteiger partial charge is 0.452 e. The standard InChI is InChI=1S/C19H18N2O6S2/c1-11-18(23)21-15-9-12(3-8-16(15)28-11)19(24)27-10-17(22)20-13-4-6-14(7-5-13)29(2,25)26/h3-9,11H,10H2,1-2H3,(H,20,22)(H,21,23). The molecule has 152 valence electrons. The fourth-order valence-corrected chi connectivity index (χ4v) is 4.09. The first-order chi connectivity index (χ1) is 13.6. The van der Waals surface area contributed by atoms with Crippen molar-refractivity contribution in [3.8, 4) is 0 Å². The third-order valence-corrected chi connectivity index (χ3v) is 6.35. The van der Waals surface area contributed by atoms with Crippen LogP contribution in [-0.4, -0.2) is 44.3 Å². The summed E-state index contributed by atoms with van der Waals surface area (Å²) in [5, 5.41) is 5.03. The molecule has 0 aliphatic carbocycles. The van der Waals surface area contributed by atoms with Gasteiger partial charge in [-0.1, -0.05) is 0 Å². The third-order valence-electron chi connectivity index (χ3n) is 4.05. The molecular formula is C19H18N2O6S2. The number of thioether (sulfide) groups is 1. The molecule has 3 rings (SSSR count). The SMILES string of the molecule is CC1Sc2ccc(C(=O)OCC(=O)Nc3ccc(S(C)(=O)=O)cc3)cc2NC1=O. The second kappa shape index (κ2) is 8.26. The first-order valence-electron chi connectivity index (χ1n) is 8.52. The number of rotatable bonds is 5. The molecule has 0 radical (unpaired) electrons. The van der Waals surface area contributed by atoms with E-state index < -0.39 is 28.3 Å². The number of hydrogen-bond donors (Lipinski definition) is 2. The number of carbonyl (C=O) groups excluding carboxylic acids is 3. The molecular weight excluding hydrogens is 416 g/mol. The second-order valence-corrected chi connectivity index (χ2v) is 9.78. The fraction of sp³-hybridized carbons (Fsp3) is 0.211. The van der Waals surface area contributed by atoms with Crippen molar-refractivity contribution in [3.63, 3.8) is 0 Å². The molecule has 0 saturated carbocycles. The summed E-state index contributed by atoms with van der Waals surface area (Å²) in [7, 11) is -3.32. The minimum atomic E-state index is -3.32. The zero-order chi connectivity index (χ0) is 21.2. The quantitative estimate of drug-likeness (QED) is 0.693. The maximum absolute atomic E-state index is 12.2. The van der Waals surface area contributed by atoms with E-state index in [0.717, 1.165) is 11.2 Å². The Labute approximate surface area is 171 Å². The van der Waals surface area contributed by atoms with Gasteiger partial charge in [-0.3, -0.25) is 9.59 Å². The van der Waals surface area contributed by atoms with E-state index in [9.17, 15) is 22.8 Å². The lowest BCUT2D eigenvalue weighted by atomic mass is 10.2. The van der Waals surface area contributed by atoms with Gasteiger partial charge in [0.25, 0.3) is 5.91 Å². The van der Waals surface area contributed by atoms with Crippen LogP contribution >= 0.6 is 11.8 Å². The summed E-state index contributed by atoms with van der Waals surface area (Å²) in [6.45, 7) is 1.28. The van der Waals surface area contributed by atoms with Crippen LogP contribution < -0.4 is 10.6 Å². The molecule has 0 aromatic heterocycles. The smallest absolute Gasteiger partial charge is 0.338 e. The Balaban J connectivity index is 1.57. The lowest BCUT2D eigenvalue weighted by molar-refractivity contribution is -0.119. The Hall–Kier alpha value is -2.85. The highest BCUT2D eigenvalue weighted by molar-refractivity contribution is 8.01. The maximum Gasteiger partial charge on any atom is 0.338 e. The molecule has 2 amide bonds. The van der Waals surface area contributed by atoms with Gasteiger partial charge in [-0.15, -0.1) is 11.8 Å². The lowest BCUT2D eigenvalue weighted by Gasteiger charge is -2.21. The highest BCUT2D eigenvalue weighted by Gasteiger charge is 2.24. The highest BCUT2D eigenvalue weighted by Crippen LogP contribution is 2.36. The predicted octanol–water partition coefficient (Wildman–Crippen LogP) is 2.32. The van der Waals surface area contributed by atoms with Crippen LogP contribution in [0.15, 0.2) is 52.3 Å². The maximum atomic E-state index is 12.2. The molecule has 1 unspecified atom stereocenters. The normalized spacial score (nSPS) is 15.8. The number of nitrogens with one attached hydrogen (secondary N) is 2. The van der Waals surface area contributed by atoms with Crippen molar-refractivity contribution in [3.05, 3.63) is 48.0 Å². The van der Waals surface area contributed by atoms with Gasteiger partial charge in [0, 0.05) is 16.8 Å². The van der Waals surface area contributed by atoms with Crippen molar-refractivity contribution < 1.29 is 27.5 Å². The monoisotopic (exact) mass is 434 g/mol. The molecule has 0 bridgehead atoms. The van der Waals surface area contributed by atoms with Gasteiger partial charge in [-0.2, -0.15) is 0 Å². The molecule has 1 heterocycles. The van der Waals surface area contributed by atoms with Gasteiger partial charge < -0.3 is 15.4 Å². The number of carbonyl (C=O) groups is 3. The zero-order valence-corrected chi connectivity index (χ0v) is 17.2. The molecule has 0 fully saturated rings. The van der Waals surface area contributed by atoms with E-state index in [1.807, 2.05) is 0 Å². The lowest BCUT2D eigenvalue weighted by Crippen LogP contribution is -2.26. The summed E-state index contributed by atoms with van der Waals surface area (Å²) in [4.78, 5) is 36.9. The van der Waals surface area contributed by atoms with Gasteiger partial charge in [0.15, 0.2) is 16.4 Å². The molecule has 2 N–H and O–H groups in total. The van der Waals surface area contributed by atoms with Crippen molar-refractivity contribution in [2.24, 2.45) is 0 Å². The molecule has 2 aromatic rings. The van der Waals surface area contributed by atoms with Crippen molar-refractivity contribution in [1.29, 1.82) is 0 Å². The van der Waals surface area contributed by atoms with Crippen LogP contribution in [0.1, 0.15) is 17.3 Å². The van der Waals surface area contributed by atoms with Gasteiger partial charge >= 0.3 is 5.97 Å². The molecule has 8 nitrogen and oxygen atoms in total. The highest BCUT2D eigenvalue weighted by atomic mass is 32.2. The van der Waals surface area contributed by atoms with Gasteiger partial charge in [0.1, 0.15) is 0 Å². The van der Waals surface area contributed by atoms with E-state index in [4.69, 9.17) is 4.74 Å². The number of ether oxygens (including phenoxy) is 1. The zero-order valence-electron chi connectivity index (χ0n) is 15.6. The van der Waals surface area contributed by atoms with Gasteiger partial charge in [0.05, 0.1) is 21.4 Å². The Morgan fingerprint density at radius 1 is 1.17 bits per heavy atom. The first kappa shape index (κ1) is 20.9. The Kier molecular flexibility index (Phi) is 5.94. The van der Waals surface area contributed by atoms with Crippen molar-refractivity contribution >= 4 is 50.8 Å². The number of fused-ring (bicyclic) bond motifs is 1. The molecule has 1 atom stereocenters. The van der Waals surface area contributed by atoms with E-state index in [1.54, 1.807) is 19.1 Å². The second-order valence-electron chi connectivity index (χ2n) is 6.38. The number of amides is 2. The van der Waals surface area contributed by atoms with Crippen LogP contribution in [0.4, 0.5) is 11.4 Å². The van der Waals surface area contributed by atoms with Gasteiger partial charge in [-0.25, -0.2) is 13.2 Å². The summed E-state index contributed by atoms with van der Waals surface area (Å²) < 4.78 is 27.9. The number of esters is 1. The first-order valence-corrected chi connectivity index (χ1v) is 11.3. The van der Waals surface area contributed by atoms with Gasteiger partial charge in [0.2, 0.25) is 5.91 Å². The summed E-state index contributed by atoms with van der Waals surface area (Å²) in [6.07, 6.45) is 1.09. The van der Waals surface area contributed by atoms with E-state index in [2.05, 4.69) is 10.6 Å². The molecule has 10 heteroatoms. The number of hydrogen-bond acceptors (Lipinski definition) is 7. The summed E-state index contributed by atoms with van der Waals surface area (Å²) in [5.74, 6) is -1.41. The predicted molar refractivity (Wildman–Crippen MR) is 109 cm³/mol. The van der Waals surface area contributed by atoms with Crippen LogP contribution in [0, 0.1) is 0 Å². The Bertz CT molecular complexity index is 1080. The summed E-state index contributed by atoms with van der Waals surface area (Å²) in [5.41, 5.74) is 1.12. The minimum absolute atomic E-state index is 0.133. The number of sulfone groups is 1. The molecule has 1 aliphatic rings. The Morgan fingerprint density at radius 3 is 2.52 bits per heavy atom. The van der Waals surface area contributed by atoms with Crippen LogP contribution in [0.2, 0.25) is 0 Å². The molecule has 2 aromatic carbocycles. The van der Waals surface area contributed by atoms with E-state index in [-0.39, 0.29) is 21.6 Å². The molecule has 0 saturated heterocycles. The summed E-state index contributed by atoms with van der Waals surface area (Å²) >= 11 is 1.40. The third kappa shape index (κ3) is 5.15. The van der Waals surface area contributed by atoms with E-state index >= 15 is 0 Å². The Morgan fingerprint density at radius 2 is 1.86 bits per heavy atom. The van der Waals surface area contributed by atoms with Crippen molar-refractivity contribution in [1.82, 2.24) is 0 Å². The van der Waals surface area contributed by atoms with Crippen molar-refractivity contribution in [2.75, 3.05) is 23.5 Å². The topological polar surface area (TPSA) is 119 Å². The van der Waals surface area contributed by atoms with Crippen molar-refractivity contribution in [2.45, 2.75) is 22.0 Å². The van der Waals surface area contributed by atoms with Crippen LogP contribution in [0.3, 0.4) is 0 Å². The van der Waals surface area contributed by atoms with Crippen LogP contribution in [-0.2, 0) is 24.2 Å². The molecule has 29 heavy (non-hydrogen) atoms. The number of anilines is 2.